The van der Waals surface area contributed by atoms with Crippen LogP contribution in [-0.2, 0) is 12.1 Å². The second-order valence-corrected chi connectivity index (χ2v) is 6.01. The predicted molar refractivity (Wildman–Crippen MR) is 76.9 cm³/mol. The van der Waals surface area contributed by atoms with Crippen LogP contribution in [0.2, 0.25) is 0 Å². The van der Waals surface area contributed by atoms with E-state index in [4.69, 9.17) is 0 Å². The minimum absolute atomic E-state index is 0.265. The Hall–Kier alpha value is -1.30. The van der Waals surface area contributed by atoms with Crippen LogP contribution >= 0.6 is 11.3 Å². The van der Waals surface area contributed by atoms with Crippen LogP contribution in [0.5, 0.6) is 0 Å². The largest absolute Gasteiger partial charge is 0.385 e. The van der Waals surface area contributed by atoms with Crippen molar-refractivity contribution in [3.63, 3.8) is 0 Å². The van der Waals surface area contributed by atoms with Crippen molar-refractivity contribution in [1.29, 1.82) is 0 Å². The van der Waals surface area contributed by atoms with Crippen LogP contribution in [0, 0.1) is 5.82 Å². The molecule has 20 heavy (non-hydrogen) atoms. The minimum atomic E-state index is -0.827. The molecule has 0 saturated carbocycles. The molecule has 0 radical (unpaired) electrons. The summed E-state index contributed by atoms with van der Waals surface area (Å²) >= 11 is 1.60. The highest BCUT2D eigenvalue weighted by atomic mass is 32.1. The van der Waals surface area contributed by atoms with E-state index in [1.54, 1.807) is 23.5 Å². The highest BCUT2D eigenvalue weighted by Gasteiger charge is 2.33. The number of hydrogen-bond acceptors (Lipinski definition) is 4. The minimum Gasteiger partial charge on any atom is -0.385 e. The first-order valence-corrected chi connectivity index (χ1v) is 7.68. The fraction of sp³-hybridized carbons (Fsp3) is 0.400. The fourth-order valence-electron chi connectivity index (χ4n) is 2.67. The first kappa shape index (κ1) is 13.7. The van der Waals surface area contributed by atoms with Crippen LogP contribution < -0.4 is 0 Å². The molecule has 1 aromatic carbocycles. The van der Waals surface area contributed by atoms with E-state index in [9.17, 15) is 9.50 Å². The molecule has 0 atom stereocenters. The fourth-order valence-corrected chi connectivity index (χ4v) is 3.22. The van der Waals surface area contributed by atoms with Crippen LogP contribution in [-0.4, -0.2) is 28.1 Å². The van der Waals surface area contributed by atoms with Crippen LogP contribution in [0.15, 0.2) is 35.2 Å². The maximum absolute atomic E-state index is 13.0. The van der Waals surface area contributed by atoms with E-state index in [2.05, 4.69) is 15.3 Å². The number of halogens is 1. The van der Waals surface area contributed by atoms with E-state index in [1.165, 1.54) is 12.1 Å². The zero-order valence-corrected chi connectivity index (χ0v) is 11.9. The lowest BCUT2D eigenvalue weighted by atomic mass is 9.84. The smallest absolute Gasteiger partial charge is 0.123 e. The molecular formula is C15H17FN2OS. The summed E-state index contributed by atoms with van der Waals surface area (Å²) in [5.41, 5.74) is 2.91. The molecule has 2 heterocycles. The van der Waals surface area contributed by atoms with Crippen LogP contribution in [0.1, 0.15) is 24.1 Å². The Kier molecular flexibility index (Phi) is 3.83. The molecule has 3 nitrogen and oxygen atoms in total. The molecule has 0 aliphatic carbocycles. The number of thiazole rings is 1. The first-order valence-electron chi connectivity index (χ1n) is 6.74. The van der Waals surface area contributed by atoms with Gasteiger partial charge in [-0.2, -0.15) is 0 Å². The van der Waals surface area contributed by atoms with Crippen molar-refractivity contribution in [2.24, 2.45) is 0 Å². The van der Waals surface area contributed by atoms with Crippen molar-refractivity contribution in [2.75, 3.05) is 13.1 Å². The standard InChI is InChI=1S/C15H17FN2OS/c16-13-3-1-12(2-4-13)15(19)5-7-18(8-6-15)9-14-10-20-11-17-14/h1-4,10-11,19H,5-9H2. The summed E-state index contributed by atoms with van der Waals surface area (Å²) in [6.45, 7) is 2.49. The van der Waals surface area contributed by atoms with Crippen molar-refractivity contribution in [2.45, 2.75) is 25.0 Å². The molecule has 0 amide bonds. The lowest BCUT2D eigenvalue weighted by Gasteiger charge is -2.38. The van der Waals surface area contributed by atoms with Crippen LogP contribution in [0.25, 0.3) is 0 Å². The Balaban J connectivity index is 1.63. The molecule has 1 aromatic heterocycles. The number of piperidine rings is 1. The maximum Gasteiger partial charge on any atom is 0.123 e. The van der Waals surface area contributed by atoms with Gasteiger partial charge in [-0.25, -0.2) is 9.37 Å². The second-order valence-electron chi connectivity index (χ2n) is 5.29. The topological polar surface area (TPSA) is 36.4 Å². The quantitative estimate of drug-likeness (QED) is 0.945. The zero-order chi connectivity index (χ0) is 14.0. The molecule has 1 aliphatic rings. The van der Waals surface area contributed by atoms with E-state index >= 15 is 0 Å². The third-order valence-electron chi connectivity index (χ3n) is 3.93. The highest BCUT2D eigenvalue weighted by Crippen LogP contribution is 2.33. The molecule has 106 valence electrons. The van der Waals surface area contributed by atoms with Gasteiger partial charge in [0.2, 0.25) is 0 Å². The molecule has 3 rings (SSSR count). The monoisotopic (exact) mass is 292 g/mol. The van der Waals surface area contributed by atoms with Gasteiger partial charge < -0.3 is 5.11 Å². The molecule has 0 spiro atoms. The summed E-state index contributed by atoms with van der Waals surface area (Å²) in [6, 6.07) is 6.20. The molecule has 1 saturated heterocycles. The third kappa shape index (κ3) is 2.90. The normalized spacial score (nSPS) is 19.1. The summed E-state index contributed by atoms with van der Waals surface area (Å²) in [4.78, 5) is 6.59. The van der Waals surface area contributed by atoms with E-state index in [0.717, 1.165) is 30.9 Å². The lowest BCUT2D eigenvalue weighted by Crippen LogP contribution is -2.42. The summed E-state index contributed by atoms with van der Waals surface area (Å²) in [5.74, 6) is -0.265. The van der Waals surface area contributed by atoms with E-state index < -0.39 is 5.60 Å². The zero-order valence-electron chi connectivity index (χ0n) is 11.1. The molecular weight excluding hydrogens is 275 g/mol. The van der Waals surface area contributed by atoms with E-state index in [0.29, 0.717) is 12.8 Å². The van der Waals surface area contributed by atoms with Crippen molar-refractivity contribution < 1.29 is 9.50 Å². The number of hydrogen-bond donors (Lipinski definition) is 1. The van der Waals surface area contributed by atoms with Gasteiger partial charge >= 0.3 is 0 Å². The summed E-state index contributed by atoms with van der Waals surface area (Å²) in [5, 5.41) is 12.8. The van der Waals surface area contributed by atoms with Gasteiger partial charge in [-0.05, 0) is 30.5 Å². The van der Waals surface area contributed by atoms with E-state index in [1.807, 2.05) is 5.51 Å². The van der Waals surface area contributed by atoms with Gasteiger partial charge in [-0.1, -0.05) is 12.1 Å². The SMILES string of the molecule is OC1(c2ccc(F)cc2)CCN(Cc2cscn2)CC1. The van der Waals surface area contributed by atoms with Gasteiger partial charge in [0.25, 0.3) is 0 Å². The first-order chi connectivity index (χ1) is 9.66. The maximum atomic E-state index is 13.0. The van der Waals surface area contributed by atoms with Gasteiger partial charge in [0, 0.05) is 25.0 Å². The molecule has 2 aromatic rings. The molecule has 0 bridgehead atoms. The number of aromatic nitrogens is 1. The van der Waals surface area contributed by atoms with Gasteiger partial charge in [-0.3, -0.25) is 4.90 Å². The molecule has 1 aliphatic heterocycles. The Bertz CT molecular complexity index is 548. The summed E-state index contributed by atoms with van der Waals surface area (Å²) < 4.78 is 13.0. The molecule has 5 heteroatoms. The molecule has 0 unspecified atom stereocenters. The number of rotatable bonds is 3. The number of aliphatic hydroxyl groups is 1. The average molecular weight is 292 g/mol. The Morgan fingerprint density at radius 2 is 1.95 bits per heavy atom. The van der Waals surface area contributed by atoms with Crippen molar-refractivity contribution in [1.82, 2.24) is 9.88 Å². The predicted octanol–water partition coefficient (Wildman–Crippen LogP) is 2.77. The number of benzene rings is 1. The Morgan fingerprint density at radius 3 is 2.55 bits per heavy atom. The van der Waals surface area contributed by atoms with Gasteiger partial charge in [0.05, 0.1) is 16.8 Å². The molecule has 1 fully saturated rings. The van der Waals surface area contributed by atoms with Crippen molar-refractivity contribution >= 4 is 11.3 Å². The lowest BCUT2D eigenvalue weighted by molar-refractivity contribution is -0.0279. The third-order valence-corrected chi connectivity index (χ3v) is 4.57. The van der Waals surface area contributed by atoms with Crippen molar-refractivity contribution in [3.05, 3.63) is 52.2 Å². The van der Waals surface area contributed by atoms with Gasteiger partial charge in [0.15, 0.2) is 0 Å². The highest BCUT2D eigenvalue weighted by molar-refractivity contribution is 7.07. The second kappa shape index (κ2) is 5.60. The van der Waals surface area contributed by atoms with Gasteiger partial charge in [-0.15, -0.1) is 11.3 Å². The number of likely N-dealkylation sites (tertiary alicyclic amines) is 1. The van der Waals surface area contributed by atoms with Crippen LogP contribution in [0.4, 0.5) is 4.39 Å². The summed E-state index contributed by atoms with van der Waals surface area (Å²) in [7, 11) is 0. The van der Waals surface area contributed by atoms with Gasteiger partial charge in [0.1, 0.15) is 5.82 Å². The Labute approximate surface area is 121 Å². The van der Waals surface area contributed by atoms with Crippen LogP contribution in [0.3, 0.4) is 0 Å². The molecule has 1 N–H and O–H groups in total. The average Bonchev–Trinajstić information content (AvgIpc) is 2.95. The van der Waals surface area contributed by atoms with Crippen molar-refractivity contribution in [3.8, 4) is 0 Å². The Morgan fingerprint density at radius 1 is 1.25 bits per heavy atom. The number of nitrogens with zero attached hydrogens (tertiary/aromatic N) is 2. The summed E-state index contributed by atoms with van der Waals surface area (Å²) in [6.07, 6.45) is 1.34. The van der Waals surface area contributed by atoms with E-state index in [-0.39, 0.29) is 5.82 Å².